The number of primary amides is 1. The second kappa shape index (κ2) is 6.48. The Hall–Kier alpha value is -2.24. The minimum atomic E-state index is -0.488. The number of nitrogens with zero attached hydrogens (tertiary/aromatic N) is 2. The van der Waals surface area contributed by atoms with Crippen LogP contribution in [0.15, 0.2) is 24.3 Å². The number of ether oxygens (including phenoxy) is 1. The maximum Gasteiger partial charge on any atom is 0.410 e. The summed E-state index contributed by atoms with van der Waals surface area (Å²) in [5.74, 6) is -0.431. The molecule has 1 aromatic carbocycles. The molecule has 1 aliphatic rings. The molecule has 0 aromatic heterocycles. The zero-order valence-corrected chi connectivity index (χ0v) is 14.2. The number of amides is 2. The number of carbonyl (C=O) groups is 2. The summed E-state index contributed by atoms with van der Waals surface area (Å²) in [6.07, 6.45) is -0.270. The van der Waals surface area contributed by atoms with Crippen LogP contribution in [-0.4, -0.2) is 48.2 Å². The van der Waals surface area contributed by atoms with Crippen LogP contribution in [0.3, 0.4) is 0 Å². The Morgan fingerprint density at radius 2 is 1.78 bits per heavy atom. The predicted molar refractivity (Wildman–Crippen MR) is 89.6 cm³/mol. The lowest BCUT2D eigenvalue weighted by molar-refractivity contribution is 0.0159. The van der Waals surface area contributed by atoms with Gasteiger partial charge in [-0.3, -0.25) is 4.79 Å². The largest absolute Gasteiger partial charge is 0.444 e. The number of piperazine rings is 1. The SMILES string of the molecule is CC1CN(c2ccc(C(N)=O)cc2)CCN1C(=O)OC(C)(C)C. The molecule has 0 spiro atoms. The molecule has 0 aliphatic carbocycles. The van der Waals surface area contributed by atoms with Crippen LogP contribution >= 0.6 is 0 Å². The lowest BCUT2D eigenvalue weighted by atomic mass is 10.1. The van der Waals surface area contributed by atoms with Gasteiger partial charge in [0.1, 0.15) is 5.60 Å². The average molecular weight is 319 g/mol. The van der Waals surface area contributed by atoms with Gasteiger partial charge in [-0.25, -0.2) is 4.79 Å². The molecule has 6 nitrogen and oxygen atoms in total. The third kappa shape index (κ3) is 4.37. The highest BCUT2D eigenvalue weighted by Crippen LogP contribution is 2.21. The summed E-state index contributed by atoms with van der Waals surface area (Å²) < 4.78 is 5.45. The Labute approximate surface area is 137 Å². The summed E-state index contributed by atoms with van der Waals surface area (Å²) >= 11 is 0. The molecule has 0 bridgehead atoms. The highest BCUT2D eigenvalue weighted by atomic mass is 16.6. The zero-order valence-electron chi connectivity index (χ0n) is 14.2. The Bertz CT molecular complexity index is 578. The van der Waals surface area contributed by atoms with E-state index in [1.54, 1.807) is 17.0 Å². The molecule has 126 valence electrons. The van der Waals surface area contributed by atoms with E-state index >= 15 is 0 Å². The summed E-state index contributed by atoms with van der Waals surface area (Å²) in [6.45, 7) is 9.65. The molecule has 0 radical (unpaired) electrons. The average Bonchev–Trinajstić information content (AvgIpc) is 2.45. The number of benzene rings is 1. The molecule has 6 heteroatoms. The molecule has 1 atom stereocenters. The van der Waals surface area contributed by atoms with Crippen LogP contribution < -0.4 is 10.6 Å². The number of hydrogen-bond donors (Lipinski definition) is 1. The number of hydrogen-bond acceptors (Lipinski definition) is 4. The quantitative estimate of drug-likeness (QED) is 0.907. The first kappa shape index (κ1) is 17.1. The second-order valence-corrected chi connectivity index (χ2v) is 6.88. The van der Waals surface area contributed by atoms with Crippen LogP contribution in [0.25, 0.3) is 0 Å². The number of anilines is 1. The summed E-state index contributed by atoms with van der Waals surface area (Å²) in [4.78, 5) is 27.3. The Balaban J connectivity index is 2.00. The molecule has 1 aliphatic heterocycles. The number of rotatable bonds is 2. The van der Waals surface area contributed by atoms with Crippen molar-refractivity contribution in [1.82, 2.24) is 4.90 Å². The Kier molecular flexibility index (Phi) is 4.82. The van der Waals surface area contributed by atoms with Crippen molar-refractivity contribution in [1.29, 1.82) is 0 Å². The summed E-state index contributed by atoms with van der Waals surface area (Å²) in [6, 6.07) is 7.27. The maximum atomic E-state index is 12.2. The van der Waals surface area contributed by atoms with E-state index in [-0.39, 0.29) is 12.1 Å². The second-order valence-electron chi connectivity index (χ2n) is 6.88. The first-order valence-corrected chi connectivity index (χ1v) is 7.82. The highest BCUT2D eigenvalue weighted by molar-refractivity contribution is 5.93. The summed E-state index contributed by atoms with van der Waals surface area (Å²) in [5.41, 5.74) is 6.28. The molecule has 1 aromatic rings. The van der Waals surface area contributed by atoms with Gasteiger partial charge in [-0.15, -0.1) is 0 Å². The normalized spacial score (nSPS) is 18.7. The van der Waals surface area contributed by atoms with E-state index in [1.165, 1.54) is 0 Å². The van der Waals surface area contributed by atoms with Crippen molar-refractivity contribution in [3.8, 4) is 0 Å². The number of carbonyl (C=O) groups excluding carboxylic acids is 2. The van der Waals surface area contributed by atoms with Crippen molar-refractivity contribution in [2.45, 2.75) is 39.3 Å². The number of nitrogens with two attached hydrogens (primary N) is 1. The van der Waals surface area contributed by atoms with E-state index in [1.807, 2.05) is 39.8 Å². The predicted octanol–water partition coefficient (Wildman–Crippen LogP) is 2.23. The first-order chi connectivity index (χ1) is 10.7. The fraction of sp³-hybridized carbons (Fsp3) is 0.529. The van der Waals surface area contributed by atoms with Gasteiger partial charge in [0, 0.05) is 36.9 Å². The van der Waals surface area contributed by atoms with Crippen molar-refractivity contribution in [3.05, 3.63) is 29.8 Å². The van der Waals surface area contributed by atoms with E-state index in [4.69, 9.17) is 10.5 Å². The van der Waals surface area contributed by atoms with Crippen LogP contribution in [0, 0.1) is 0 Å². The molecular formula is C17H25N3O3. The van der Waals surface area contributed by atoms with Crippen molar-refractivity contribution in [2.75, 3.05) is 24.5 Å². The highest BCUT2D eigenvalue weighted by Gasteiger charge is 2.30. The van der Waals surface area contributed by atoms with E-state index in [0.717, 1.165) is 18.8 Å². The fourth-order valence-electron chi connectivity index (χ4n) is 2.62. The van der Waals surface area contributed by atoms with Crippen molar-refractivity contribution in [3.63, 3.8) is 0 Å². The molecule has 2 amide bonds. The molecule has 1 unspecified atom stereocenters. The van der Waals surface area contributed by atoms with Crippen LogP contribution in [0.5, 0.6) is 0 Å². The van der Waals surface area contributed by atoms with Gasteiger partial charge in [0.15, 0.2) is 0 Å². The van der Waals surface area contributed by atoms with Crippen molar-refractivity contribution in [2.24, 2.45) is 5.73 Å². The van der Waals surface area contributed by atoms with Gasteiger partial charge >= 0.3 is 6.09 Å². The molecule has 1 fully saturated rings. The Morgan fingerprint density at radius 1 is 1.17 bits per heavy atom. The van der Waals surface area contributed by atoms with E-state index in [2.05, 4.69) is 4.90 Å². The molecule has 1 saturated heterocycles. The van der Waals surface area contributed by atoms with Gasteiger partial charge in [0.05, 0.1) is 0 Å². The first-order valence-electron chi connectivity index (χ1n) is 7.82. The van der Waals surface area contributed by atoms with Crippen LogP contribution in [0.4, 0.5) is 10.5 Å². The molecule has 2 rings (SSSR count). The van der Waals surface area contributed by atoms with Gasteiger partial charge in [-0.1, -0.05) is 0 Å². The molecule has 23 heavy (non-hydrogen) atoms. The smallest absolute Gasteiger partial charge is 0.410 e. The fourth-order valence-corrected chi connectivity index (χ4v) is 2.62. The van der Waals surface area contributed by atoms with Crippen molar-refractivity contribution >= 4 is 17.7 Å². The third-order valence-corrected chi connectivity index (χ3v) is 3.77. The third-order valence-electron chi connectivity index (χ3n) is 3.77. The lowest BCUT2D eigenvalue weighted by Crippen LogP contribution is -2.55. The Morgan fingerprint density at radius 3 is 2.26 bits per heavy atom. The van der Waals surface area contributed by atoms with Gasteiger partial charge in [0.2, 0.25) is 5.91 Å². The van der Waals surface area contributed by atoms with Gasteiger partial charge in [-0.05, 0) is 52.0 Å². The topological polar surface area (TPSA) is 75.9 Å². The van der Waals surface area contributed by atoms with Gasteiger partial charge in [-0.2, -0.15) is 0 Å². The van der Waals surface area contributed by atoms with E-state index in [9.17, 15) is 9.59 Å². The molecular weight excluding hydrogens is 294 g/mol. The van der Waals surface area contributed by atoms with Crippen LogP contribution in [0.1, 0.15) is 38.1 Å². The van der Waals surface area contributed by atoms with E-state index in [0.29, 0.717) is 12.1 Å². The molecule has 2 N–H and O–H groups in total. The van der Waals surface area contributed by atoms with Gasteiger partial charge in [0.25, 0.3) is 0 Å². The zero-order chi connectivity index (χ0) is 17.2. The minimum absolute atomic E-state index is 0.0504. The van der Waals surface area contributed by atoms with Gasteiger partial charge < -0.3 is 20.3 Å². The van der Waals surface area contributed by atoms with Crippen LogP contribution in [-0.2, 0) is 4.74 Å². The van der Waals surface area contributed by atoms with Crippen LogP contribution in [0.2, 0.25) is 0 Å². The minimum Gasteiger partial charge on any atom is -0.444 e. The lowest BCUT2D eigenvalue weighted by Gasteiger charge is -2.41. The molecule has 0 saturated carbocycles. The standard InChI is InChI=1S/C17H25N3O3/c1-12-11-19(14-7-5-13(6-8-14)15(18)21)9-10-20(12)16(22)23-17(2,3)4/h5-8,12H,9-11H2,1-4H3,(H2,18,21). The summed E-state index contributed by atoms with van der Waals surface area (Å²) in [7, 11) is 0. The van der Waals surface area contributed by atoms with Crippen molar-refractivity contribution < 1.29 is 14.3 Å². The molecule has 1 heterocycles. The van der Waals surface area contributed by atoms with E-state index < -0.39 is 11.5 Å². The monoisotopic (exact) mass is 319 g/mol. The summed E-state index contributed by atoms with van der Waals surface area (Å²) in [5, 5.41) is 0. The maximum absolute atomic E-state index is 12.2.